The van der Waals surface area contributed by atoms with Gasteiger partial charge in [0, 0.05) is 19.0 Å². The van der Waals surface area contributed by atoms with Crippen LogP contribution in [0, 0.1) is 0 Å². The topological polar surface area (TPSA) is 50.4 Å². The Kier molecular flexibility index (Phi) is 4.59. The van der Waals surface area contributed by atoms with Gasteiger partial charge in [-0.1, -0.05) is 48.5 Å². The predicted octanol–water partition coefficient (Wildman–Crippen LogP) is 3.05. The van der Waals surface area contributed by atoms with Gasteiger partial charge in [0.2, 0.25) is 0 Å². The first-order chi connectivity index (χ1) is 10.8. The summed E-state index contributed by atoms with van der Waals surface area (Å²) in [5, 5.41) is 5.84. The molecule has 0 aliphatic carbocycles. The van der Waals surface area contributed by atoms with Crippen LogP contribution in [0.1, 0.15) is 23.5 Å². The average Bonchev–Trinajstić information content (AvgIpc) is 2.59. The zero-order valence-corrected chi connectivity index (χ0v) is 12.4. The van der Waals surface area contributed by atoms with Crippen molar-refractivity contribution in [2.45, 2.75) is 18.9 Å². The summed E-state index contributed by atoms with van der Waals surface area (Å²) in [6.07, 6.45) is 0.927. The molecule has 0 spiro atoms. The molecule has 22 heavy (non-hydrogen) atoms. The summed E-state index contributed by atoms with van der Waals surface area (Å²) >= 11 is 0. The molecule has 4 nitrogen and oxygen atoms in total. The zero-order valence-electron chi connectivity index (χ0n) is 12.4. The van der Waals surface area contributed by atoms with E-state index in [9.17, 15) is 4.79 Å². The van der Waals surface area contributed by atoms with Crippen molar-refractivity contribution in [3.63, 3.8) is 0 Å². The van der Waals surface area contributed by atoms with Gasteiger partial charge in [0.05, 0.1) is 6.61 Å². The summed E-state index contributed by atoms with van der Waals surface area (Å²) in [6, 6.07) is 17.8. The van der Waals surface area contributed by atoms with Crippen LogP contribution in [0.25, 0.3) is 0 Å². The highest BCUT2D eigenvalue weighted by molar-refractivity contribution is 5.73. The molecular weight excluding hydrogens is 276 g/mol. The van der Waals surface area contributed by atoms with E-state index >= 15 is 0 Å². The van der Waals surface area contributed by atoms with Gasteiger partial charge >= 0.3 is 6.03 Å². The summed E-state index contributed by atoms with van der Waals surface area (Å²) in [5.74, 6) is 1.25. The fourth-order valence-corrected chi connectivity index (χ4v) is 2.68. The second-order valence-corrected chi connectivity index (χ2v) is 5.42. The number of hydrogen-bond acceptors (Lipinski definition) is 2. The molecule has 2 amide bonds. The van der Waals surface area contributed by atoms with Crippen LogP contribution >= 0.6 is 0 Å². The van der Waals surface area contributed by atoms with E-state index in [-0.39, 0.29) is 6.03 Å². The van der Waals surface area contributed by atoms with Crippen molar-refractivity contribution < 1.29 is 9.53 Å². The van der Waals surface area contributed by atoms with Gasteiger partial charge in [-0.2, -0.15) is 0 Å². The van der Waals surface area contributed by atoms with Crippen molar-refractivity contribution in [1.29, 1.82) is 0 Å². The third-order valence-corrected chi connectivity index (χ3v) is 3.89. The predicted molar refractivity (Wildman–Crippen MR) is 86.0 cm³/mol. The zero-order chi connectivity index (χ0) is 15.2. The molecule has 3 rings (SSSR count). The lowest BCUT2D eigenvalue weighted by Gasteiger charge is -2.26. The Morgan fingerprint density at radius 1 is 1.05 bits per heavy atom. The Balaban J connectivity index is 1.50. The van der Waals surface area contributed by atoms with E-state index in [1.807, 2.05) is 48.5 Å². The third-order valence-electron chi connectivity index (χ3n) is 3.89. The first-order valence-electron chi connectivity index (χ1n) is 7.60. The highest BCUT2D eigenvalue weighted by Gasteiger charge is 2.21. The van der Waals surface area contributed by atoms with Crippen LogP contribution in [0.2, 0.25) is 0 Å². The summed E-state index contributed by atoms with van der Waals surface area (Å²) in [6.45, 7) is 1.87. The number of ether oxygens (including phenoxy) is 1. The Morgan fingerprint density at radius 3 is 2.68 bits per heavy atom. The maximum absolute atomic E-state index is 11.9. The Labute approximate surface area is 130 Å². The van der Waals surface area contributed by atoms with Gasteiger partial charge in [-0.3, -0.25) is 0 Å². The number of carbonyl (C=O) groups is 1. The summed E-state index contributed by atoms with van der Waals surface area (Å²) in [4.78, 5) is 11.9. The molecule has 1 atom stereocenters. The number of para-hydroxylation sites is 1. The molecule has 0 bridgehead atoms. The van der Waals surface area contributed by atoms with E-state index < -0.39 is 0 Å². The maximum Gasteiger partial charge on any atom is 0.315 e. The van der Waals surface area contributed by atoms with Crippen LogP contribution in [-0.4, -0.2) is 19.2 Å². The fourth-order valence-electron chi connectivity index (χ4n) is 2.68. The van der Waals surface area contributed by atoms with E-state index in [2.05, 4.69) is 16.7 Å². The largest absolute Gasteiger partial charge is 0.493 e. The monoisotopic (exact) mass is 296 g/mol. The van der Waals surface area contributed by atoms with Crippen LogP contribution in [0.5, 0.6) is 5.75 Å². The number of carbonyl (C=O) groups excluding carboxylic acids is 1. The molecule has 0 aromatic heterocycles. The minimum Gasteiger partial charge on any atom is -0.493 e. The quantitative estimate of drug-likeness (QED) is 0.911. The van der Waals surface area contributed by atoms with Crippen molar-refractivity contribution in [3.8, 4) is 5.75 Å². The van der Waals surface area contributed by atoms with Gasteiger partial charge in [-0.15, -0.1) is 0 Å². The first kappa shape index (κ1) is 14.4. The van der Waals surface area contributed by atoms with Gasteiger partial charge < -0.3 is 15.4 Å². The number of hydrogen-bond donors (Lipinski definition) is 2. The third kappa shape index (κ3) is 3.58. The molecule has 2 aromatic carbocycles. The van der Waals surface area contributed by atoms with Crippen molar-refractivity contribution in [3.05, 3.63) is 65.7 Å². The molecule has 0 saturated heterocycles. The van der Waals surface area contributed by atoms with Crippen molar-refractivity contribution in [2.75, 3.05) is 13.2 Å². The first-order valence-corrected chi connectivity index (χ1v) is 7.60. The summed E-state index contributed by atoms with van der Waals surface area (Å²) < 4.78 is 5.64. The van der Waals surface area contributed by atoms with Crippen molar-refractivity contribution in [2.24, 2.45) is 0 Å². The van der Waals surface area contributed by atoms with Gasteiger partial charge in [0.25, 0.3) is 0 Å². The number of fused-ring (bicyclic) bond motifs is 1. The molecule has 0 radical (unpaired) electrons. The second kappa shape index (κ2) is 6.98. The normalized spacial score (nSPS) is 16.3. The number of rotatable bonds is 4. The van der Waals surface area contributed by atoms with E-state index in [1.54, 1.807) is 0 Å². The number of nitrogens with one attached hydrogen (secondary N) is 2. The minimum atomic E-state index is -0.132. The number of amides is 2. The Bertz CT molecular complexity index is 628. The lowest BCUT2D eigenvalue weighted by molar-refractivity contribution is 0.235. The average molecular weight is 296 g/mol. The van der Waals surface area contributed by atoms with Crippen molar-refractivity contribution in [1.82, 2.24) is 10.6 Å². The summed E-state index contributed by atoms with van der Waals surface area (Å²) in [5.41, 5.74) is 2.27. The standard InChI is InChI=1S/C18H20N2O2/c21-18(19-12-14-6-2-1-3-7-14)20-13-15-10-11-22-17-9-5-4-8-16(15)17/h1-9,15H,10-13H2,(H2,19,20,21). The molecule has 1 aliphatic heterocycles. The summed E-state index contributed by atoms with van der Waals surface area (Å²) in [7, 11) is 0. The molecule has 0 fully saturated rings. The molecular formula is C18H20N2O2. The smallest absolute Gasteiger partial charge is 0.315 e. The van der Waals surface area contributed by atoms with E-state index in [4.69, 9.17) is 4.74 Å². The molecule has 0 saturated carbocycles. The highest BCUT2D eigenvalue weighted by atomic mass is 16.5. The van der Waals surface area contributed by atoms with Gasteiger partial charge in [-0.25, -0.2) is 4.79 Å². The highest BCUT2D eigenvalue weighted by Crippen LogP contribution is 2.32. The number of urea groups is 1. The lowest BCUT2D eigenvalue weighted by atomic mass is 9.93. The van der Waals surface area contributed by atoms with Crippen LogP contribution in [0.3, 0.4) is 0 Å². The van der Waals surface area contributed by atoms with E-state index in [0.29, 0.717) is 25.6 Å². The molecule has 1 aliphatic rings. The van der Waals surface area contributed by atoms with Gasteiger partial charge in [-0.05, 0) is 23.6 Å². The molecule has 1 unspecified atom stereocenters. The Morgan fingerprint density at radius 2 is 1.82 bits per heavy atom. The van der Waals surface area contributed by atoms with Gasteiger partial charge in [0.1, 0.15) is 5.75 Å². The van der Waals surface area contributed by atoms with Crippen molar-refractivity contribution >= 4 is 6.03 Å². The fraction of sp³-hybridized carbons (Fsp3) is 0.278. The SMILES string of the molecule is O=C(NCc1ccccc1)NCC1CCOc2ccccc21. The Hall–Kier alpha value is -2.49. The van der Waals surface area contributed by atoms with Crippen LogP contribution in [0.4, 0.5) is 4.79 Å². The number of benzene rings is 2. The molecule has 1 heterocycles. The van der Waals surface area contributed by atoms with Gasteiger partial charge in [0.15, 0.2) is 0 Å². The van der Waals surface area contributed by atoms with Crippen LogP contribution in [0.15, 0.2) is 54.6 Å². The minimum absolute atomic E-state index is 0.132. The molecule has 2 N–H and O–H groups in total. The van der Waals surface area contributed by atoms with Crippen LogP contribution in [-0.2, 0) is 6.54 Å². The second-order valence-electron chi connectivity index (χ2n) is 5.42. The van der Waals surface area contributed by atoms with E-state index in [1.165, 1.54) is 5.56 Å². The molecule has 4 heteroatoms. The lowest BCUT2D eigenvalue weighted by Crippen LogP contribution is -2.38. The molecule has 2 aromatic rings. The maximum atomic E-state index is 11.9. The van der Waals surface area contributed by atoms with Crippen LogP contribution < -0.4 is 15.4 Å². The molecule has 114 valence electrons. The van der Waals surface area contributed by atoms with E-state index in [0.717, 1.165) is 17.7 Å².